The third-order valence-corrected chi connectivity index (χ3v) is 6.41. The summed E-state index contributed by atoms with van der Waals surface area (Å²) in [6, 6.07) is 2.72. The summed E-state index contributed by atoms with van der Waals surface area (Å²) in [6.07, 6.45) is 1.89. The van der Waals surface area contributed by atoms with Crippen LogP contribution in [0.1, 0.15) is 37.8 Å². The van der Waals surface area contributed by atoms with Crippen LogP contribution >= 0.6 is 0 Å². The molecular formula is C15H23FN2O2S. The van der Waals surface area contributed by atoms with Gasteiger partial charge in [-0.3, -0.25) is 0 Å². The van der Waals surface area contributed by atoms with Crippen molar-refractivity contribution < 1.29 is 12.8 Å². The molecule has 6 heteroatoms. The first-order valence-electron chi connectivity index (χ1n) is 7.30. The molecule has 0 radical (unpaired) electrons. The molecule has 1 aromatic carbocycles. The van der Waals surface area contributed by atoms with Crippen molar-refractivity contribution in [1.29, 1.82) is 0 Å². The van der Waals surface area contributed by atoms with Gasteiger partial charge in [-0.2, -0.15) is 4.31 Å². The van der Waals surface area contributed by atoms with Crippen LogP contribution in [0.25, 0.3) is 0 Å². The van der Waals surface area contributed by atoms with Crippen molar-refractivity contribution >= 4 is 10.0 Å². The van der Waals surface area contributed by atoms with Crippen molar-refractivity contribution in [3.8, 4) is 0 Å². The Morgan fingerprint density at radius 2 is 2.05 bits per heavy atom. The van der Waals surface area contributed by atoms with Gasteiger partial charge in [-0.25, -0.2) is 12.8 Å². The zero-order chi connectivity index (χ0) is 15.8. The molecule has 2 N–H and O–H groups in total. The third-order valence-electron chi connectivity index (χ3n) is 4.45. The van der Waals surface area contributed by atoms with Gasteiger partial charge in [-0.15, -0.1) is 0 Å². The minimum atomic E-state index is -3.60. The molecule has 0 spiro atoms. The molecule has 2 rings (SSSR count). The van der Waals surface area contributed by atoms with Crippen LogP contribution in [0.3, 0.4) is 0 Å². The molecule has 0 amide bonds. The highest BCUT2D eigenvalue weighted by Gasteiger charge is 2.34. The number of nitrogens with two attached hydrogens (primary N) is 1. The number of halogens is 1. The number of piperidine rings is 1. The van der Waals surface area contributed by atoms with Crippen LogP contribution in [-0.4, -0.2) is 25.3 Å². The van der Waals surface area contributed by atoms with Gasteiger partial charge in [0.15, 0.2) is 0 Å². The molecule has 0 bridgehead atoms. The smallest absolute Gasteiger partial charge is 0.243 e. The Bertz CT molecular complexity index is 631. The largest absolute Gasteiger partial charge is 0.326 e. The standard InChI is InChI=1S/C15H23FN2O2S/c1-10-5-4-6-18(12(10)3)21(19,20)14-7-11(2)15(16)13(8-14)9-17/h7-8,10,12H,4-6,9,17H2,1-3H3. The normalized spacial score (nSPS) is 24.2. The molecule has 4 nitrogen and oxygen atoms in total. The summed E-state index contributed by atoms with van der Waals surface area (Å²) in [5.74, 6) is -0.0967. The van der Waals surface area contributed by atoms with Gasteiger partial charge in [-0.05, 0) is 50.3 Å². The van der Waals surface area contributed by atoms with Crippen molar-refractivity contribution in [3.63, 3.8) is 0 Å². The minimum absolute atomic E-state index is 0.0119. The Hall–Kier alpha value is -0.980. The van der Waals surface area contributed by atoms with Gasteiger partial charge in [0.1, 0.15) is 5.82 Å². The second-order valence-electron chi connectivity index (χ2n) is 5.89. The molecule has 2 atom stereocenters. The second-order valence-corrected chi connectivity index (χ2v) is 7.78. The van der Waals surface area contributed by atoms with Gasteiger partial charge in [-0.1, -0.05) is 6.92 Å². The Morgan fingerprint density at radius 3 is 2.67 bits per heavy atom. The molecule has 0 saturated carbocycles. The first kappa shape index (κ1) is 16.4. The van der Waals surface area contributed by atoms with Gasteiger partial charge >= 0.3 is 0 Å². The molecule has 0 aliphatic carbocycles. The molecule has 0 aromatic heterocycles. The molecule has 118 valence electrons. The second kappa shape index (κ2) is 6.02. The molecule has 1 fully saturated rings. The van der Waals surface area contributed by atoms with Crippen LogP contribution in [-0.2, 0) is 16.6 Å². The lowest BCUT2D eigenvalue weighted by Crippen LogP contribution is -2.45. The number of aryl methyl sites for hydroxylation is 1. The van der Waals surface area contributed by atoms with Crippen LogP contribution in [0.4, 0.5) is 4.39 Å². The van der Waals surface area contributed by atoms with E-state index in [2.05, 4.69) is 6.92 Å². The van der Waals surface area contributed by atoms with Gasteiger partial charge in [0, 0.05) is 24.7 Å². The van der Waals surface area contributed by atoms with Crippen LogP contribution in [0, 0.1) is 18.7 Å². The maximum Gasteiger partial charge on any atom is 0.243 e. The topological polar surface area (TPSA) is 63.4 Å². The van der Waals surface area contributed by atoms with E-state index in [0.717, 1.165) is 12.8 Å². The monoisotopic (exact) mass is 314 g/mol. The van der Waals surface area contributed by atoms with E-state index in [1.165, 1.54) is 16.4 Å². The number of sulfonamides is 1. The fourth-order valence-electron chi connectivity index (χ4n) is 2.88. The minimum Gasteiger partial charge on any atom is -0.326 e. The van der Waals surface area contributed by atoms with E-state index in [-0.39, 0.29) is 23.0 Å². The van der Waals surface area contributed by atoms with Crippen LogP contribution in [0.15, 0.2) is 17.0 Å². The van der Waals surface area contributed by atoms with E-state index < -0.39 is 15.8 Å². The first-order chi connectivity index (χ1) is 9.78. The van der Waals surface area contributed by atoms with Gasteiger partial charge < -0.3 is 5.73 Å². The number of hydrogen-bond acceptors (Lipinski definition) is 3. The molecule has 1 saturated heterocycles. The van der Waals surface area contributed by atoms with E-state index >= 15 is 0 Å². The highest BCUT2D eigenvalue weighted by molar-refractivity contribution is 7.89. The average Bonchev–Trinajstić information content (AvgIpc) is 2.44. The summed E-state index contributed by atoms with van der Waals surface area (Å²) in [5.41, 5.74) is 6.07. The molecular weight excluding hydrogens is 291 g/mol. The Kier molecular flexibility index (Phi) is 4.70. The van der Waals surface area contributed by atoms with Crippen molar-refractivity contribution in [2.24, 2.45) is 11.7 Å². The summed E-state index contributed by atoms with van der Waals surface area (Å²) in [4.78, 5) is 0.141. The predicted molar refractivity (Wildman–Crippen MR) is 80.8 cm³/mol. The van der Waals surface area contributed by atoms with Gasteiger partial charge in [0.2, 0.25) is 10.0 Å². The Balaban J connectivity index is 2.46. The number of rotatable bonds is 3. The number of hydrogen-bond donors (Lipinski definition) is 1. The summed E-state index contributed by atoms with van der Waals surface area (Å²) in [5, 5.41) is 0. The predicted octanol–water partition coefficient (Wildman–Crippen LogP) is 2.40. The number of benzene rings is 1. The Morgan fingerprint density at radius 1 is 1.38 bits per heavy atom. The zero-order valence-electron chi connectivity index (χ0n) is 12.8. The van der Waals surface area contributed by atoms with E-state index in [1.807, 2.05) is 6.92 Å². The molecule has 1 aliphatic heterocycles. The van der Waals surface area contributed by atoms with Crippen LogP contribution in [0.2, 0.25) is 0 Å². The lowest BCUT2D eigenvalue weighted by molar-refractivity contribution is 0.202. The van der Waals surface area contributed by atoms with Gasteiger partial charge in [0.05, 0.1) is 4.90 Å². The fourth-order valence-corrected chi connectivity index (χ4v) is 4.78. The highest BCUT2D eigenvalue weighted by Crippen LogP contribution is 2.30. The quantitative estimate of drug-likeness (QED) is 0.932. The number of nitrogens with zero attached hydrogens (tertiary/aromatic N) is 1. The first-order valence-corrected chi connectivity index (χ1v) is 8.74. The lowest BCUT2D eigenvalue weighted by Gasteiger charge is -2.36. The maximum absolute atomic E-state index is 13.9. The fraction of sp³-hybridized carbons (Fsp3) is 0.600. The van der Waals surface area contributed by atoms with Crippen molar-refractivity contribution in [2.75, 3.05) is 6.54 Å². The van der Waals surface area contributed by atoms with E-state index in [0.29, 0.717) is 18.0 Å². The highest BCUT2D eigenvalue weighted by atomic mass is 32.2. The van der Waals surface area contributed by atoms with Crippen molar-refractivity contribution in [1.82, 2.24) is 4.31 Å². The molecule has 21 heavy (non-hydrogen) atoms. The summed E-state index contributed by atoms with van der Waals surface area (Å²) >= 11 is 0. The van der Waals surface area contributed by atoms with Crippen molar-refractivity contribution in [2.45, 2.75) is 51.1 Å². The molecule has 1 aliphatic rings. The summed E-state index contributed by atoms with van der Waals surface area (Å²) < 4.78 is 41.1. The molecule has 1 aromatic rings. The Labute approximate surface area is 126 Å². The van der Waals surface area contributed by atoms with E-state index in [4.69, 9.17) is 5.73 Å². The van der Waals surface area contributed by atoms with E-state index in [1.54, 1.807) is 6.92 Å². The van der Waals surface area contributed by atoms with Crippen molar-refractivity contribution in [3.05, 3.63) is 29.1 Å². The lowest BCUT2D eigenvalue weighted by atomic mass is 9.94. The average molecular weight is 314 g/mol. The summed E-state index contributed by atoms with van der Waals surface area (Å²) in [7, 11) is -3.60. The van der Waals surface area contributed by atoms with Gasteiger partial charge in [0.25, 0.3) is 0 Å². The van der Waals surface area contributed by atoms with E-state index in [9.17, 15) is 12.8 Å². The third kappa shape index (κ3) is 2.98. The SMILES string of the molecule is Cc1cc(S(=O)(=O)N2CCCC(C)C2C)cc(CN)c1F. The molecule has 1 heterocycles. The van der Waals surface area contributed by atoms with Crippen LogP contribution in [0.5, 0.6) is 0 Å². The zero-order valence-corrected chi connectivity index (χ0v) is 13.6. The summed E-state index contributed by atoms with van der Waals surface area (Å²) in [6.45, 7) is 6.06. The molecule has 2 unspecified atom stereocenters. The van der Waals surface area contributed by atoms with Crippen LogP contribution < -0.4 is 5.73 Å². The maximum atomic E-state index is 13.9.